The van der Waals surface area contributed by atoms with Crippen LogP contribution < -0.4 is 0 Å². The predicted octanol–water partition coefficient (Wildman–Crippen LogP) is 4.30. The first-order chi connectivity index (χ1) is 9.27. The van der Waals surface area contributed by atoms with Crippen LogP contribution in [0.25, 0.3) is 0 Å². The molecule has 5 heteroatoms. The second-order valence-corrected chi connectivity index (χ2v) is 5.50. The Labute approximate surface area is 117 Å². The zero-order chi connectivity index (χ0) is 13.1. The summed E-state index contributed by atoms with van der Waals surface area (Å²) in [7, 11) is 0. The van der Waals surface area contributed by atoms with E-state index in [-0.39, 0.29) is 0 Å². The lowest BCUT2D eigenvalue weighted by Gasteiger charge is -2.36. The molecule has 1 aliphatic carbocycles. The molecular formula is C14H17ClO4. The van der Waals surface area contributed by atoms with E-state index in [4.69, 9.17) is 31.2 Å². The molecule has 1 saturated heterocycles. The molecular weight excluding hydrogens is 268 g/mol. The maximum absolute atomic E-state index is 5.84. The Bertz CT molecular complexity index is 402. The highest BCUT2D eigenvalue weighted by Crippen LogP contribution is 2.38. The molecule has 4 nitrogen and oxygen atoms in total. The highest BCUT2D eigenvalue weighted by atomic mass is 35.5. The molecule has 104 valence electrons. The van der Waals surface area contributed by atoms with Crippen molar-refractivity contribution >= 4 is 11.6 Å². The molecule has 3 rings (SSSR count). The van der Waals surface area contributed by atoms with Crippen LogP contribution in [0, 0.1) is 0 Å². The first kappa shape index (κ1) is 13.3. The minimum absolute atomic E-state index is 0.661. The van der Waals surface area contributed by atoms with Gasteiger partial charge in [-0.15, -0.1) is 0 Å². The maximum atomic E-state index is 5.84. The normalized spacial score (nSPS) is 24.3. The molecule has 2 fully saturated rings. The van der Waals surface area contributed by atoms with Crippen molar-refractivity contribution in [2.75, 3.05) is 0 Å². The van der Waals surface area contributed by atoms with Gasteiger partial charge in [-0.2, -0.15) is 19.6 Å². The zero-order valence-corrected chi connectivity index (χ0v) is 11.4. The second-order valence-electron chi connectivity index (χ2n) is 5.07. The molecule has 0 atom stereocenters. The molecule has 1 spiro atoms. The van der Waals surface area contributed by atoms with Crippen LogP contribution in [-0.2, 0) is 19.6 Å². The van der Waals surface area contributed by atoms with Crippen LogP contribution in [0.1, 0.15) is 50.4 Å². The fraction of sp³-hybridized carbons (Fsp3) is 0.571. The van der Waals surface area contributed by atoms with Crippen molar-refractivity contribution in [3.63, 3.8) is 0 Å². The first-order valence-corrected chi connectivity index (χ1v) is 7.10. The number of halogens is 1. The highest BCUT2D eigenvalue weighted by Gasteiger charge is 2.41. The lowest BCUT2D eigenvalue weighted by Crippen LogP contribution is -2.41. The van der Waals surface area contributed by atoms with Gasteiger partial charge in [0.15, 0.2) is 0 Å². The van der Waals surface area contributed by atoms with E-state index in [2.05, 4.69) is 0 Å². The number of hydrogen-bond acceptors (Lipinski definition) is 4. The Morgan fingerprint density at radius 3 is 2.05 bits per heavy atom. The maximum Gasteiger partial charge on any atom is 0.249 e. The Balaban J connectivity index is 1.63. The van der Waals surface area contributed by atoms with Gasteiger partial charge in [0.1, 0.15) is 0 Å². The smallest absolute Gasteiger partial charge is 0.195 e. The zero-order valence-electron chi connectivity index (χ0n) is 10.6. The van der Waals surface area contributed by atoms with Crippen LogP contribution in [-0.4, -0.2) is 5.79 Å². The summed E-state index contributed by atoms with van der Waals surface area (Å²) in [5.74, 6) is -0.723. The minimum Gasteiger partial charge on any atom is -0.195 e. The largest absolute Gasteiger partial charge is 0.249 e. The monoisotopic (exact) mass is 284 g/mol. The molecule has 1 saturated carbocycles. The van der Waals surface area contributed by atoms with E-state index in [1.54, 1.807) is 12.1 Å². The summed E-state index contributed by atoms with van der Waals surface area (Å²) in [4.78, 5) is 21.7. The fourth-order valence-corrected chi connectivity index (χ4v) is 2.58. The van der Waals surface area contributed by atoms with Crippen molar-refractivity contribution in [2.24, 2.45) is 0 Å². The Morgan fingerprint density at radius 1 is 0.895 bits per heavy atom. The van der Waals surface area contributed by atoms with Crippen molar-refractivity contribution in [3.8, 4) is 0 Å². The molecule has 2 aliphatic rings. The van der Waals surface area contributed by atoms with Gasteiger partial charge in [0.2, 0.25) is 12.1 Å². The van der Waals surface area contributed by atoms with Gasteiger partial charge in [0.05, 0.1) is 0 Å². The Kier molecular flexibility index (Phi) is 4.05. The van der Waals surface area contributed by atoms with E-state index in [1.165, 1.54) is 12.8 Å². The van der Waals surface area contributed by atoms with E-state index >= 15 is 0 Å². The predicted molar refractivity (Wildman–Crippen MR) is 69.0 cm³/mol. The summed E-state index contributed by atoms with van der Waals surface area (Å²) < 4.78 is 0. The van der Waals surface area contributed by atoms with Crippen LogP contribution in [0.5, 0.6) is 0 Å². The second kappa shape index (κ2) is 5.77. The summed E-state index contributed by atoms with van der Waals surface area (Å²) in [5.41, 5.74) is 0.813. The lowest BCUT2D eigenvalue weighted by atomic mass is 10.1. The molecule has 0 amide bonds. The van der Waals surface area contributed by atoms with E-state index in [9.17, 15) is 0 Å². The molecule has 0 bridgehead atoms. The standard InChI is InChI=1S/C14H17ClO4/c15-12-7-5-11(6-8-12)13-16-18-14(19-17-13)9-3-1-2-4-10-14/h5-8,13H,1-4,9-10H2. The molecule has 0 N–H and O–H groups in total. The Morgan fingerprint density at radius 2 is 1.47 bits per heavy atom. The van der Waals surface area contributed by atoms with Gasteiger partial charge in [-0.25, -0.2) is 0 Å². The van der Waals surface area contributed by atoms with Crippen LogP contribution in [0.4, 0.5) is 0 Å². The number of hydrogen-bond donors (Lipinski definition) is 0. The molecule has 1 aromatic carbocycles. The molecule has 1 aromatic rings. The SMILES string of the molecule is Clc1ccc(C2OOC3(CCCCCC3)OO2)cc1. The van der Waals surface area contributed by atoms with Crippen LogP contribution in [0.15, 0.2) is 24.3 Å². The third kappa shape index (κ3) is 3.09. The summed E-state index contributed by atoms with van der Waals surface area (Å²) in [5, 5.41) is 0.668. The van der Waals surface area contributed by atoms with Gasteiger partial charge in [-0.3, -0.25) is 0 Å². The molecule has 0 aromatic heterocycles. The highest BCUT2D eigenvalue weighted by molar-refractivity contribution is 6.30. The van der Waals surface area contributed by atoms with Crippen molar-refractivity contribution < 1.29 is 19.6 Å². The van der Waals surface area contributed by atoms with Gasteiger partial charge in [0, 0.05) is 23.4 Å². The number of rotatable bonds is 1. The summed E-state index contributed by atoms with van der Waals surface area (Å²) in [6.07, 6.45) is 5.49. The minimum atomic E-state index is -0.723. The molecule has 0 radical (unpaired) electrons. The van der Waals surface area contributed by atoms with Crippen molar-refractivity contribution in [2.45, 2.75) is 50.6 Å². The summed E-state index contributed by atoms with van der Waals surface area (Å²) in [6, 6.07) is 7.20. The lowest BCUT2D eigenvalue weighted by molar-refractivity contribution is -0.631. The quantitative estimate of drug-likeness (QED) is 0.721. The third-order valence-electron chi connectivity index (χ3n) is 3.58. The molecule has 1 aliphatic heterocycles. The van der Waals surface area contributed by atoms with Crippen LogP contribution in [0.2, 0.25) is 5.02 Å². The van der Waals surface area contributed by atoms with Gasteiger partial charge in [-0.1, -0.05) is 36.6 Å². The van der Waals surface area contributed by atoms with E-state index < -0.39 is 12.1 Å². The van der Waals surface area contributed by atoms with Crippen molar-refractivity contribution in [3.05, 3.63) is 34.9 Å². The average molecular weight is 285 g/mol. The van der Waals surface area contributed by atoms with E-state index in [0.717, 1.165) is 31.2 Å². The average Bonchev–Trinajstić information content (AvgIpc) is 2.67. The summed E-state index contributed by atoms with van der Waals surface area (Å²) in [6.45, 7) is 0. The van der Waals surface area contributed by atoms with Crippen LogP contribution in [0.3, 0.4) is 0 Å². The van der Waals surface area contributed by atoms with E-state index in [1.807, 2.05) is 12.1 Å². The molecule has 19 heavy (non-hydrogen) atoms. The van der Waals surface area contributed by atoms with Crippen LogP contribution >= 0.6 is 11.6 Å². The fourth-order valence-electron chi connectivity index (χ4n) is 2.46. The topological polar surface area (TPSA) is 36.9 Å². The Hall–Kier alpha value is -0.650. The van der Waals surface area contributed by atoms with Crippen molar-refractivity contribution in [1.82, 2.24) is 0 Å². The summed E-state index contributed by atoms with van der Waals surface area (Å²) >= 11 is 5.84. The van der Waals surface area contributed by atoms with E-state index in [0.29, 0.717) is 5.02 Å². The molecule has 0 unspecified atom stereocenters. The van der Waals surface area contributed by atoms with Crippen molar-refractivity contribution in [1.29, 1.82) is 0 Å². The van der Waals surface area contributed by atoms with Gasteiger partial charge < -0.3 is 0 Å². The first-order valence-electron chi connectivity index (χ1n) is 6.72. The van der Waals surface area contributed by atoms with Gasteiger partial charge >= 0.3 is 0 Å². The molecule has 1 heterocycles. The van der Waals surface area contributed by atoms with Gasteiger partial charge in [-0.05, 0) is 25.0 Å². The van der Waals surface area contributed by atoms with Gasteiger partial charge in [0.25, 0.3) is 0 Å². The third-order valence-corrected chi connectivity index (χ3v) is 3.83. The number of benzene rings is 1.